The molecule has 0 aliphatic carbocycles. The number of benzene rings is 1. The number of rotatable bonds is 4. The molecule has 3 rings (SSSR count). The van der Waals surface area contributed by atoms with Gasteiger partial charge in [0.05, 0.1) is 23.5 Å². The second-order valence-electron chi connectivity index (χ2n) is 5.75. The van der Waals surface area contributed by atoms with Gasteiger partial charge in [-0.2, -0.15) is 5.10 Å². The maximum Gasteiger partial charge on any atom is 0.573 e. The average molecular weight is 367 g/mol. The Labute approximate surface area is 147 Å². The van der Waals surface area contributed by atoms with E-state index in [9.17, 15) is 18.3 Å². The van der Waals surface area contributed by atoms with Gasteiger partial charge in [0.25, 0.3) is 0 Å². The number of nitrogens with zero attached hydrogens (tertiary/aromatic N) is 3. The summed E-state index contributed by atoms with van der Waals surface area (Å²) < 4.78 is 46.1. The van der Waals surface area contributed by atoms with Gasteiger partial charge in [-0.3, -0.25) is 5.01 Å². The predicted octanol–water partition coefficient (Wildman–Crippen LogP) is 3.28. The van der Waals surface area contributed by atoms with Gasteiger partial charge in [-0.05, 0) is 43.7 Å². The van der Waals surface area contributed by atoms with Gasteiger partial charge in [0.15, 0.2) is 6.23 Å². The van der Waals surface area contributed by atoms with Gasteiger partial charge in [0.1, 0.15) is 11.5 Å². The summed E-state index contributed by atoms with van der Waals surface area (Å²) in [6, 6.07) is 5.53. The number of aliphatic hydroxyl groups is 1. The van der Waals surface area contributed by atoms with Crippen LogP contribution in [0.3, 0.4) is 0 Å². The van der Waals surface area contributed by atoms with Crippen molar-refractivity contribution in [3.8, 4) is 5.75 Å². The summed E-state index contributed by atoms with van der Waals surface area (Å²) in [7, 11) is 0. The lowest BCUT2D eigenvalue weighted by Gasteiger charge is -2.27. The van der Waals surface area contributed by atoms with Crippen molar-refractivity contribution in [3.63, 3.8) is 0 Å². The molecule has 1 unspecified atom stereocenters. The number of aliphatic hydroxyl groups excluding tert-OH is 1. The van der Waals surface area contributed by atoms with Crippen molar-refractivity contribution >= 4 is 5.71 Å². The summed E-state index contributed by atoms with van der Waals surface area (Å²) in [5.74, 6) is 0.259. The molecule has 6 nitrogen and oxygen atoms in total. The quantitative estimate of drug-likeness (QED) is 0.898. The van der Waals surface area contributed by atoms with Gasteiger partial charge in [-0.1, -0.05) is 17.3 Å². The topological polar surface area (TPSA) is 71.1 Å². The standard InChI is InChI=1S/C17H16F3N3O3/c1-10-16(11(2)26-22-10)14-6-7-15(24)23(21-14)9-12-4-3-5-13(8-12)25-17(18,19)20/h3-8,15,24H,9H2,1-2H3. The minimum absolute atomic E-state index is 0.0907. The van der Waals surface area contributed by atoms with Gasteiger partial charge >= 0.3 is 6.36 Å². The molecule has 2 heterocycles. The van der Waals surface area contributed by atoms with Crippen LogP contribution in [0.15, 0.2) is 46.0 Å². The molecule has 1 aromatic heterocycles. The molecule has 0 radical (unpaired) electrons. The van der Waals surface area contributed by atoms with E-state index in [0.717, 1.165) is 0 Å². The normalized spacial score (nSPS) is 17.4. The molecule has 0 saturated heterocycles. The van der Waals surface area contributed by atoms with Crippen molar-refractivity contribution in [2.45, 2.75) is 33.0 Å². The van der Waals surface area contributed by atoms with Crippen molar-refractivity contribution in [2.24, 2.45) is 5.10 Å². The Morgan fingerprint density at radius 1 is 1.31 bits per heavy atom. The number of hydrogen-bond acceptors (Lipinski definition) is 6. The summed E-state index contributed by atoms with van der Waals surface area (Å²) in [4.78, 5) is 0. The monoisotopic (exact) mass is 367 g/mol. The highest BCUT2D eigenvalue weighted by atomic mass is 19.4. The van der Waals surface area contributed by atoms with Crippen molar-refractivity contribution in [1.82, 2.24) is 10.2 Å². The van der Waals surface area contributed by atoms with Crippen LogP contribution < -0.4 is 4.74 Å². The molecule has 1 N–H and O–H groups in total. The highest BCUT2D eigenvalue weighted by Crippen LogP contribution is 2.25. The number of allylic oxidation sites excluding steroid dienone is 1. The Bertz CT molecular complexity index is 839. The number of aromatic nitrogens is 1. The number of hydrazone groups is 1. The summed E-state index contributed by atoms with van der Waals surface area (Å²) in [6.45, 7) is 3.61. The van der Waals surface area contributed by atoms with E-state index in [2.05, 4.69) is 15.0 Å². The lowest BCUT2D eigenvalue weighted by Crippen LogP contribution is -2.32. The van der Waals surface area contributed by atoms with E-state index in [1.54, 1.807) is 26.0 Å². The Morgan fingerprint density at radius 2 is 2.08 bits per heavy atom. The van der Waals surface area contributed by atoms with Gasteiger partial charge in [-0.15, -0.1) is 13.2 Å². The fourth-order valence-corrected chi connectivity index (χ4v) is 2.65. The number of hydrogen-bond donors (Lipinski definition) is 1. The maximum absolute atomic E-state index is 12.4. The zero-order valence-electron chi connectivity index (χ0n) is 14.0. The molecule has 1 aliphatic rings. The van der Waals surface area contributed by atoms with Crippen LogP contribution in [0.2, 0.25) is 0 Å². The lowest BCUT2D eigenvalue weighted by molar-refractivity contribution is -0.274. The second-order valence-corrected chi connectivity index (χ2v) is 5.75. The van der Waals surface area contributed by atoms with Crippen LogP contribution in [0.25, 0.3) is 0 Å². The summed E-state index contributed by atoms with van der Waals surface area (Å²) >= 11 is 0. The molecular weight excluding hydrogens is 351 g/mol. The van der Waals surface area contributed by atoms with Crippen molar-refractivity contribution < 1.29 is 27.5 Å². The fourth-order valence-electron chi connectivity index (χ4n) is 2.65. The van der Waals surface area contributed by atoms with Crippen LogP contribution in [0.4, 0.5) is 13.2 Å². The van der Waals surface area contributed by atoms with Crippen LogP contribution in [-0.2, 0) is 6.54 Å². The molecule has 138 valence electrons. The van der Waals surface area contributed by atoms with Crippen molar-refractivity contribution in [2.75, 3.05) is 0 Å². The molecule has 0 saturated carbocycles. The Kier molecular flexibility index (Phi) is 4.73. The largest absolute Gasteiger partial charge is 0.573 e. The molecular formula is C17H16F3N3O3. The van der Waals surface area contributed by atoms with Crippen LogP contribution >= 0.6 is 0 Å². The third kappa shape index (κ3) is 4.05. The molecule has 1 aliphatic heterocycles. The number of halogens is 3. The molecule has 1 atom stereocenters. The predicted molar refractivity (Wildman–Crippen MR) is 86.3 cm³/mol. The highest BCUT2D eigenvalue weighted by Gasteiger charge is 2.31. The average Bonchev–Trinajstić information content (AvgIpc) is 2.87. The molecule has 0 fully saturated rings. The van der Waals surface area contributed by atoms with E-state index in [1.165, 1.54) is 29.3 Å². The second kappa shape index (κ2) is 6.83. The summed E-state index contributed by atoms with van der Waals surface area (Å²) in [6.07, 6.45) is -2.59. The van der Waals surface area contributed by atoms with Gasteiger partial charge in [0.2, 0.25) is 0 Å². The first-order valence-electron chi connectivity index (χ1n) is 7.72. The minimum atomic E-state index is -4.76. The van der Waals surface area contributed by atoms with E-state index in [0.29, 0.717) is 28.3 Å². The van der Waals surface area contributed by atoms with E-state index in [-0.39, 0.29) is 12.3 Å². The van der Waals surface area contributed by atoms with E-state index in [4.69, 9.17) is 4.52 Å². The smallest absolute Gasteiger partial charge is 0.406 e. The van der Waals surface area contributed by atoms with Gasteiger partial charge in [0, 0.05) is 0 Å². The molecule has 26 heavy (non-hydrogen) atoms. The third-order valence-electron chi connectivity index (χ3n) is 3.73. The van der Waals surface area contributed by atoms with Gasteiger partial charge in [-0.25, -0.2) is 0 Å². The molecule has 2 aromatic rings. The Hall–Kier alpha value is -2.81. The number of ether oxygens (including phenoxy) is 1. The van der Waals surface area contributed by atoms with Crippen molar-refractivity contribution in [3.05, 3.63) is 59.0 Å². The van der Waals surface area contributed by atoms with E-state index < -0.39 is 12.6 Å². The van der Waals surface area contributed by atoms with Crippen molar-refractivity contribution in [1.29, 1.82) is 0 Å². The first-order valence-corrected chi connectivity index (χ1v) is 7.72. The zero-order chi connectivity index (χ0) is 18.9. The van der Waals surface area contributed by atoms with Crippen LogP contribution in [0.5, 0.6) is 5.75 Å². The fraction of sp³-hybridized carbons (Fsp3) is 0.294. The van der Waals surface area contributed by atoms with Crippen LogP contribution in [0.1, 0.15) is 22.6 Å². The molecule has 0 bridgehead atoms. The Balaban J connectivity index is 1.83. The third-order valence-corrected chi connectivity index (χ3v) is 3.73. The highest BCUT2D eigenvalue weighted by molar-refractivity contribution is 6.10. The van der Waals surface area contributed by atoms with Gasteiger partial charge < -0.3 is 14.4 Å². The summed E-state index contributed by atoms with van der Waals surface area (Å²) in [5, 5.41) is 19.7. The van der Waals surface area contributed by atoms with Crippen LogP contribution in [0, 0.1) is 13.8 Å². The number of aryl methyl sites for hydroxylation is 2. The lowest BCUT2D eigenvalue weighted by atomic mass is 10.1. The molecule has 0 spiro atoms. The molecule has 0 amide bonds. The first-order chi connectivity index (χ1) is 12.2. The van der Waals surface area contributed by atoms with E-state index in [1.807, 2.05) is 0 Å². The summed E-state index contributed by atoms with van der Waals surface area (Å²) in [5.41, 5.74) is 2.42. The first kappa shape index (κ1) is 18.0. The number of alkyl halides is 3. The zero-order valence-corrected chi connectivity index (χ0v) is 14.0. The molecule has 1 aromatic carbocycles. The molecule has 9 heteroatoms. The SMILES string of the molecule is Cc1noc(C)c1C1=NN(Cc2cccc(OC(F)(F)F)c2)C(O)C=C1. The van der Waals surface area contributed by atoms with E-state index >= 15 is 0 Å². The Morgan fingerprint density at radius 3 is 2.73 bits per heavy atom. The van der Waals surface area contributed by atoms with Crippen LogP contribution in [-0.4, -0.2) is 33.6 Å². The maximum atomic E-state index is 12.4. The minimum Gasteiger partial charge on any atom is -0.406 e.